The highest BCUT2D eigenvalue weighted by Gasteiger charge is 2.35. The lowest BCUT2D eigenvalue weighted by Crippen LogP contribution is -2.43. The summed E-state index contributed by atoms with van der Waals surface area (Å²) >= 11 is 5.86. The molecule has 38 heavy (non-hydrogen) atoms. The lowest BCUT2D eigenvalue weighted by Gasteiger charge is -2.31. The largest absolute Gasteiger partial charge is 0.493 e. The summed E-state index contributed by atoms with van der Waals surface area (Å²) in [6.07, 6.45) is 2.57. The topological polar surface area (TPSA) is 96.0 Å². The van der Waals surface area contributed by atoms with Crippen molar-refractivity contribution in [1.29, 1.82) is 0 Å². The Kier molecular flexibility index (Phi) is 6.53. The molecule has 1 N–H and O–H groups in total. The summed E-state index contributed by atoms with van der Waals surface area (Å²) in [4.78, 5) is 28.4. The van der Waals surface area contributed by atoms with Crippen molar-refractivity contribution < 1.29 is 22.7 Å². The minimum Gasteiger partial charge on any atom is -0.493 e. The highest BCUT2D eigenvalue weighted by atomic mass is 35.5. The average Bonchev–Trinajstić information content (AvgIpc) is 3.52. The summed E-state index contributed by atoms with van der Waals surface area (Å²) in [7, 11) is -3.74. The van der Waals surface area contributed by atoms with E-state index in [9.17, 15) is 18.0 Å². The van der Waals surface area contributed by atoms with E-state index in [1.54, 1.807) is 29.2 Å². The molecule has 3 aromatic carbocycles. The maximum atomic E-state index is 13.4. The van der Waals surface area contributed by atoms with Gasteiger partial charge in [-0.15, -0.1) is 11.6 Å². The standard InChI is InChI=1S/C28H28ClN3O5S/c29-12-3-14-32-24-9-8-23(21-5-1-6-22(26(21)24)28(32)34)30-27(33)19-4-2-13-31(17-19)38(35,36)20-7-10-25-18(16-20)11-15-37-25/h1,5-10,16,19H,2-4,11-15,17H2,(H,30,33)/t19-/m1/s1. The van der Waals surface area contributed by atoms with Crippen molar-refractivity contribution in [3.63, 3.8) is 0 Å². The number of nitrogens with one attached hydrogen (secondary N) is 1. The number of fused-ring (bicyclic) bond motifs is 1. The number of carbonyl (C=O) groups excluding carboxylic acids is 2. The van der Waals surface area contributed by atoms with E-state index >= 15 is 0 Å². The summed E-state index contributed by atoms with van der Waals surface area (Å²) in [5.41, 5.74) is 2.93. The van der Waals surface area contributed by atoms with Crippen LogP contribution in [0.15, 0.2) is 53.4 Å². The zero-order valence-corrected chi connectivity index (χ0v) is 22.4. The Bertz CT molecular complexity index is 1560. The number of halogens is 1. The molecule has 0 radical (unpaired) electrons. The summed E-state index contributed by atoms with van der Waals surface area (Å²) in [6, 6.07) is 14.2. The van der Waals surface area contributed by atoms with E-state index in [4.69, 9.17) is 16.3 Å². The van der Waals surface area contributed by atoms with E-state index in [2.05, 4.69) is 5.32 Å². The van der Waals surface area contributed by atoms with E-state index in [1.807, 2.05) is 24.3 Å². The first-order valence-corrected chi connectivity index (χ1v) is 14.9. The van der Waals surface area contributed by atoms with Crippen LogP contribution in [0.25, 0.3) is 10.8 Å². The van der Waals surface area contributed by atoms with E-state index in [1.165, 1.54) is 4.31 Å². The Labute approximate surface area is 226 Å². The summed E-state index contributed by atoms with van der Waals surface area (Å²) in [5.74, 6) is 0.420. The number of piperidine rings is 1. The number of benzene rings is 3. The Hall–Kier alpha value is -3.14. The molecule has 0 aromatic heterocycles. The van der Waals surface area contributed by atoms with Crippen LogP contribution in [0.5, 0.6) is 5.75 Å². The van der Waals surface area contributed by atoms with Gasteiger partial charge in [0.05, 0.1) is 23.1 Å². The third-order valence-electron chi connectivity index (χ3n) is 7.61. The molecule has 3 aromatic rings. The molecular weight excluding hydrogens is 526 g/mol. The number of sulfonamides is 1. The monoisotopic (exact) mass is 553 g/mol. The lowest BCUT2D eigenvalue weighted by molar-refractivity contribution is -0.120. The number of anilines is 2. The van der Waals surface area contributed by atoms with Crippen molar-refractivity contribution in [2.24, 2.45) is 5.92 Å². The SMILES string of the molecule is O=C(Nc1ccc2c3c(cccc13)C(=O)N2CCCCl)[C@@H]1CCCN(S(=O)(=O)c2ccc3c(c2)CCO3)C1. The van der Waals surface area contributed by atoms with E-state index in [-0.39, 0.29) is 23.3 Å². The predicted molar refractivity (Wildman–Crippen MR) is 147 cm³/mol. The van der Waals surface area contributed by atoms with Gasteiger partial charge in [-0.2, -0.15) is 4.31 Å². The maximum absolute atomic E-state index is 13.4. The van der Waals surface area contributed by atoms with Gasteiger partial charge in [0.1, 0.15) is 5.75 Å². The number of nitrogens with zero attached hydrogens (tertiary/aromatic N) is 2. The molecular formula is C28H28ClN3O5S. The minimum atomic E-state index is -3.74. The minimum absolute atomic E-state index is 0.0644. The highest BCUT2D eigenvalue weighted by Crippen LogP contribution is 2.41. The van der Waals surface area contributed by atoms with Crippen LogP contribution < -0.4 is 15.0 Å². The van der Waals surface area contributed by atoms with Crippen LogP contribution >= 0.6 is 11.6 Å². The molecule has 0 bridgehead atoms. The molecule has 0 spiro atoms. The van der Waals surface area contributed by atoms with Gasteiger partial charge < -0.3 is 15.0 Å². The number of hydrogen-bond acceptors (Lipinski definition) is 5. The molecule has 3 aliphatic rings. The molecule has 3 heterocycles. The van der Waals surface area contributed by atoms with Gasteiger partial charge in [0.15, 0.2) is 0 Å². The van der Waals surface area contributed by atoms with E-state index in [0.717, 1.165) is 27.8 Å². The number of amides is 2. The molecule has 0 aliphatic carbocycles. The lowest BCUT2D eigenvalue weighted by atomic mass is 9.98. The zero-order valence-electron chi connectivity index (χ0n) is 20.8. The van der Waals surface area contributed by atoms with Crippen LogP contribution in [0.3, 0.4) is 0 Å². The van der Waals surface area contributed by atoms with Gasteiger partial charge in [0.2, 0.25) is 15.9 Å². The summed E-state index contributed by atoms with van der Waals surface area (Å²) in [5, 5.41) is 4.63. The smallest absolute Gasteiger partial charge is 0.258 e. The second kappa shape index (κ2) is 9.87. The molecule has 10 heteroatoms. The molecule has 1 saturated heterocycles. The second-order valence-corrected chi connectivity index (χ2v) is 12.2. The van der Waals surface area contributed by atoms with Crippen molar-refractivity contribution in [3.8, 4) is 5.75 Å². The molecule has 2 amide bonds. The van der Waals surface area contributed by atoms with Crippen LogP contribution in [0.4, 0.5) is 11.4 Å². The van der Waals surface area contributed by atoms with Gasteiger partial charge >= 0.3 is 0 Å². The van der Waals surface area contributed by atoms with Crippen molar-refractivity contribution in [3.05, 3.63) is 59.7 Å². The third kappa shape index (κ3) is 4.22. The fourth-order valence-electron chi connectivity index (χ4n) is 5.68. The van der Waals surface area contributed by atoms with Gasteiger partial charge in [0.25, 0.3) is 5.91 Å². The molecule has 1 atom stereocenters. The third-order valence-corrected chi connectivity index (χ3v) is 9.74. The Balaban J connectivity index is 1.22. The first kappa shape index (κ1) is 25.2. The van der Waals surface area contributed by atoms with Crippen LogP contribution in [0.2, 0.25) is 0 Å². The molecule has 0 unspecified atom stereocenters. The molecule has 8 nitrogen and oxygen atoms in total. The van der Waals surface area contributed by atoms with E-state index < -0.39 is 15.9 Å². The van der Waals surface area contributed by atoms with Gasteiger partial charge in [-0.3, -0.25) is 9.59 Å². The van der Waals surface area contributed by atoms with E-state index in [0.29, 0.717) is 62.5 Å². The fourth-order valence-corrected chi connectivity index (χ4v) is 7.37. The normalized spacial score (nSPS) is 19.0. The molecule has 1 fully saturated rings. The van der Waals surface area contributed by atoms with Crippen LogP contribution in [-0.2, 0) is 21.2 Å². The Morgan fingerprint density at radius 1 is 1.16 bits per heavy atom. The fraction of sp³-hybridized carbons (Fsp3) is 0.357. The van der Waals surface area contributed by atoms with Crippen LogP contribution in [-0.4, -0.2) is 56.7 Å². The molecule has 198 valence electrons. The second-order valence-electron chi connectivity index (χ2n) is 9.92. The number of hydrogen-bond donors (Lipinski definition) is 1. The van der Waals surface area contributed by atoms with Gasteiger partial charge in [-0.25, -0.2) is 8.42 Å². The van der Waals surface area contributed by atoms with Crippen molar-refractivity contribution >= 4 is 55.6 Å². The number of alkyl halides is 1. The molecule has 6 rings (SSSR count). The summed E-state index contributed by atoms with van der Waals surface area (Å²) in [6.45, 7) is 1.58. The number of rotatable bonds is 7. The predicted octanol–water partition coefficient (Wildman–Crippen LogP) is 4.40. The van der Waals surface area contributed by atoms with Crippen LogP contribution in [0, 0.1) is 5.92 Å². The van der Waals surface area contributed by atoms with Crippen molar-refractivity contribution in [2.75, 3.05) is 42.3 Å². The first-order valence-electron chi connectivity index (χ1n) is 12.9. The summed E-state index contributed by atoms with van der Waals surface area (Å²) < 4.78 is 33.8. The van der Waals surface area contributed by atoms with Gasteiger partial charge in [-0.05, 0) is 61.2 Å². The van der Waals surface area contributed by atoms with Gasteiger partial charge in [0, 0.05) is 54.0 Å². The number of carbonyl (C=O) groups is 2. The average molecular weight is 554 g/mol. The molecule has 0 saturated carbocycles. The van der Waals surface area contributed by atoms with Crippen molar-refractivity contribution in [2.45, 2.75) is 30.6 Å². The van der Waals surface area contributed by atoms with Crippen molar-refractivity contribution in [1.82, 2.24) is 4.31 Å². The Morgan fingerprint density at radius 2 is 2.03 bits per heavy atom. The van der Waals surface area contributed by atoms with Gasteiger partial charge in [-0.1, -0.05) is 12.1 Å². The maximum Gasteiger partial charge on any atom is 0.258 e. The Morgan fingerprint density at radius 3 is 2.87 bits per heavy atom. The highest BCUT2D eigenvalue weighted by molar-refractivity contribution is 7.89. The van der Waals surface area contributed by atoms with Crippen LogP contribution in [0.1, 0.15) is 35.2 Å². The number of ether oxygens (including phenoxy) is 1. The quantitative estimate of drug-likeness (QED) is 0.437. The molecule has 3 aliphatic heterocycles. The zero-order chi connectivity index (χ0) is 26.4. The first-order chi connectivity index (χ1) is 18.4.